The third-order valence-electron chi connectivity index (χ3n) is 13.1. The van der Waals surface area contributed by atoms with E-state index in [1.165, 1.54) is 75.2 Å². The number of benzene rings is 11. The third kappa shape index (κ3) is 6.00. The van der Waals surface area contributed by atoms with E-state index in [2.05, 4.69) is 264 Å². The molecule has 1 aromatic heterocycles. The number of rotatable bonds is 9. The van der Waals surface area contributed by atoms with Crippen LogP contribution in [0.2, 0.25) is 0 Å². The smallest absolute Gasteiger partial charge is 0.179 e. The van der Waals surface area contributed by atoms with Gasteiger partial charge in [0, 0.05) is 33.2 Å². The Labute approximate surface area is 368 Å². The highest BCUT2D eigenvalue weighted by molar-refractivity contribution is 7.19. The van der Waals surface area contributed by atoms with Crippen LogP contribution in [0.25, 0.3) is 60.2 Å². The first-order valence-electron chi connectivity index (χ1n) is 21.8. The maximum Gasteiger partial charge on any atom is 0.179 e. The van der Waals surface area contributed by atoms with Gasteiger partial charge in [0.15, 0.2) is 8.07 Å². The largest absolute Gasteiger partial charge is 0.310 e. The molecule has 1 heterocycles. The Morgan fingerprint density at radius 1 is 0.317 bits per heavy atom. The van der Waals surface area contributed by atoms with Crippen LogP contribution in [0.5, 0.6) is 0 Å². The van der Waals surface area contributed by atoms with E-state index in [0.717, 1.165) is 22.7 Å². The van der Waals surface area contributed by atoms with Gasteiger partial charge in [0.25, 0.3) is 0 Å². The molecule has 0 bridgehead atoms. The summed E-state index contributed by atoms with van der Waals surface area (Å²) in [5.41, 5.74) is 9.31. The minimum atomic E-state index is -2.62. The first kappa shape index (κ1) is 36.8. The fourth-order valence-electron chi connectivity index (χ4n) is 10.3. The molecule has 0 amide bonds. The summed E-state index contributed by atoms with van der Waals surface area (Å²) in [4.78, 5) is 2.45. The lowest BCUT2D eigenvalue weighted by molar-refractivity contribution is 1.18. The fourth-order valence-corrected chi connectivity index (χ4v) is 15.0. The van der Waals surface area contributed by atoms with Crippen molar-refractivity contribution in [1.29, 1.82) is 0 Å². The van der Waals surface area contributed by atoms with Gasteiger partial charge < -0.3 is 9.47 Å². The van der Waals surface area contributed by atoms with Crippen molar-refractivity contribution in [1.82, 2.24) is 4.57 Å². The zero-order valence-corrected chi connectivity index (χ0v) is 35.6. The maximum atomic E-state index is 2.45. The van der Waals surface area contributed by atoms with Gasteiger partial charge in [-0.1, -0.05) is 206 Å². The van der Waals surface area contributed by atoms with E-state index in [4.69, 9.17) is 0 Å². The average molecular weight is 819 g/mol. The molecule has 0 spiro atoms. The van der Waals surface area contributed by atoms with Crippen molar-refractivity contribution < 1.29 is 0 Å². The van der Waals surface area contributed by atoms with Crippen molar-refractivity contribution in [3.63, 3.8) is 0 Å². The number of hydrogen-bond donors (Lipinski definition) is 0. The molecule has 0 unspecified atom stereocenters. The summed E-state index contributed by atoms with van der Waals surface area (Å²) in [6.45, 7) is 0. The summed E-state index contributed by atoms with van der Waals surface area (Å²) in [6.07, 6.45) is 0. The Balaban J connectivity index is 1.00. The lowest BCUT2D eigenvalue weighted by Gasteiger charge is -2.34. The van der Waals surface area contributed by atoms with E-state index in [-0.39, 0.29) is 0 Å². The van der Waals surface area contributed by atoms with Gasteiger partial charge in [0.1, 0.15) is 0 Å². The second-order valence-corrected chi connectivity index (χ2v) is 20.3. The fraction of sp³-hybridized carbons (Fsp3) is 0. The predicted molar refractivity (Wildman–Crippen MR) is 271 cm³/mol. The molecule has 0 saturated carbocycles. The lowest BCUT2D eigenvalue weighted by atomic mass is 10.00. The summed E-state index contributed by atoms with van der Waals surface area (Å²) in [7, 11) is -2.62. The Hall–Kier alpha value is -7.98. The normalized spacial score (nSPS) is 11.8. The molecule has 0 atom stereocenters. The van der Waals surface area contributed by atoms with Crippen LogP contribution in [0.15, 0.2) is 255 Å². The molecule has 0 aliphatic carbocycles. The van der Waals surface area contributed by atoms with Crippen LogP contribution in [0.4, 0.5) is 17.1 Å². The number of hydrogen-bond acceptors (Lipinski definition) is 1. The molecule has 0 radical (unpaired) electrons. The molecular formula is C60H42N2Si. The maximum absolute atomic E-state index is 2.62. The minimum Gasteiger partial charge on any atom is -0.310 e. The van der Waals surface area contributed by atoms with E-state index in [1.54, 1.807) is 0 Å². The Morgan fingerprint density at radius 2 is 0.810 bits per heavy atom. The second kappa shape index (κ2) is 15.2. The summed E-state index contributed by atoms with van der Waals surface area (Å²) < 4.78 is 2.44. The van der Waals surface area contributed by atoms with Crippen LogP contribution in [0.3, 0.4) is 0 Å². The van der Waals surface area contributed by atoms with Gasteiger partial charge in [-0.25, -0.2) is 0 Å². The van der Waals surface area contributed by atoms with Crippen molar-refractivity contribution in [2.75, 3.05) is 4.90 Å². The number of nitrogens with zero attached hydrogens (tertiary/aromatic N) is 2. The van der Waals surface area contributed by atoms with Gasteiger partial charge in [0.2, 0.25) is 0 Å². The summed E-state index contributed by atoms with van der Waals surface area (Å²) in [5.74, 6) is 0. The molecule has 0 fully saturated rings. The van der Waals surface area contributed by atoms with Gasteiger partial charge in [-0.3, -0.25) is 0 Å². The van der Waals surface area contributed by atoms with Gasteiger partial charge in [0.05, 0.1) is 16.7 Å². The zero-order chi connectivity index (χ0) is 41.7. The molecule has 3 heteroatoms. The SMILES string of the molecule is c1ccc(-n2c3cccc4ccc5cc(N(c6ccc(-c7ccc([Si](c8ccccc8)(c8ccccc8)c8ccccc8)cc7)cc6)c6cccc7ccccc67)cc2c5c43)cc1. The highest BCUT2D eigenvalue weighted by Gasteiger charge is 2.41. The van der Waals surface area contributed by atoms with Gasteiger partial charge in [-0.05, 0) is 96.6 Å². The number of aromatic nitrogens is 1. The molecule has 296 valence electrons. The summed E-state index contributed by atoms with van der Waals surface area (Å²) in [5, 5.41) is 13.0. The van der Waals surface area contributed by atoms with E-state index in [9.17, 15) is 0 Å². The first-order valence-corrected chi connectivity index (χ1v) is 23.8. The quantitative estimate of drug-likeness (QED) is 0.0800. The third-order valence-corrected chi connectivity index (χ3v) is 17.9. The van der Waals surface area contributed by atoms with Gasteiger partial charge in [-0.2, -0.15) is 0 Å². The van der Waals surface area contributed by atoms with Crippen LogP contribution < -0.4 is 25.6 Å². The van der Waals surface area contributed by atoms with Gasteiger partial charge in [-0.15, -0.1) is 0 Å². The van der Waals surface area contributed by atoms with Crippen molar-refractivity contribution in [3.8, 4) is 16.8 Å². The molecule has 0 aliphatic heterocycles. The Bertz CT molecular complexity index is 3430. The van der Waals surface area contributed by atoms with Crippen LogP contribution in [-0.2, 0) is 0 Å². The lowest BCUT2D eigenvalue weighted by Crippen LogP contribution is -2.74. The summed E-state index contributed by atoms with van der Waals surface area (Å²) >= 11 is 0. The topological polar surface area (TPSA) is 8.17 Å². The zero-order valence-electron chi connectivity index (χ0n) is 34.6. The van der Waals surface area contributed by atoms with E-state index in [0.29, 0.717) is 0 Å². The molecular weight excluding hydrogens is 777 g/mol. The summed E-state index contributed by atoms with van der Waals surface area (Å²) in [6, 6.07) is 94.1. The van der Waals surface area contributed by atoms with Gasteiger partial charge >= 0.3 is 0 Å². The first-order chi connectivity index (χ1) is 31.3. The molecule has 11 aromatic carbocycles. The average Bonchev–Trinajstić information content (AvgIpc) is 3.70. The number of anilines is 3. The van der Waals surface area contributed by atoms with Crippen molar-refractivity contribution in [2.45, 2.75) is 0 Å². The molecule has 12 rings (SSSR count). The van der Waals surface area contributed by atoms with Crippen LogP contribution in [0, 0.1) is 0 Å². The highest BCUT2D eigenvalue weighted by Crippen LogP contribution is 2.45. The van der Waals surface area contributed by atoms with E-state index < -0.39 is 8.07 Å². The Morgan fingerprint density at radius 3 is 1.46 bits per heavy atom. The van der Waals surface area contributed by atoms with Crippen molar-refractivity contribution in [3.05, 3.63) is 255 Å². The van der Waals surface area contributed by atoms with Crippen LogP contribution >= 0.6 is 0 Å². The standard InChI is InChI=1S/C60H42N2Si/c1-5-20-48(21-6-1)62-57-30-16-19-46-31-32-47-41-50(42-58(62)60(47)59(46)57)61(56-29-15-18-45-17-13-14-28-55(45)56)49-37-33-43(34-38-49)44-35-39-54(40-36-44)63(51-22-7-2-8-23-51,52-24-9-3-10-25-52)53-26-11-4-12-27-53/h1-42H. The molecule has 0 N–H and O–H groups in total. The number of fused-ring (bicyclic) bond motifs is 1. The molecule has 0 saturated heterocycles. The van der Waals surface area contributed by atoms with E-state index >= 15 is 0 Å². The number of para-hydroxylation sites is 1. The highest BCUT2D eigenvalue weighted by atomic mass is 28.3. The van der Waals surface area contributed by atoms with Crippen LogP contribution in [-0.4, -0.2) is 12.6 Å². The van der Waals surface area contributed by atoms with Crippen LogP contribution in [0.1, 0.15) is 0 Å². The predicted octanol–water partition coefficient (Wildman–Crippen LogP) is 13.0. The minimum absolute atomic E-state index is 1.10. The second-order valence-electron chi connectivity index (χ2n) is 16.5. The molecule has 2 nitrogen and oxygen atoms in total. The monoisotopic (exact) mass is 818 g/mol. The Kier molecular flexibility index (Phi) is 8.87. The molecule has 63 heavy (non-hydrogen) atoms. The van der Waals surface area contributed by atoms with Crippen molar-refractivity contribution in [2.24, 2.45) is 0 Å². The molecule has 0 aliphatic rings. The van der Waals surface area contributed by atoms with E-state index in [1.807, 2.05) is 0 Å². The molecule has 12 aromatic rings. The van der Waals surface area contributed by atoms with Crippen molar-refractivity contribution >= 4 is 89.2 Å².